The lowest BCUT2D eigenvalue weighted by Gasteiger charge is -2.21. The second-order valence-corrected chi connectivity index (χ2v) is 32.3. The Morgan fingerprint density at radius 3 is 0.776 bits per heavy atom. The van der Waals surface area contributed by atoms with Gasteiger partial charge in [-0.15, -0.1) is 0 Å². The molecule has 0 fully saturated rings. The Labute approximate surface area is 600 Å². The summed E-state index contributed by atoms with van der Waals surface area (Å²) in [7, 11) is -9.92. The van der Waals surface area contributed by atoms with Crippen LogP contribution in [0.15, 0.2) is 0 Å². The quantitative estimate of drug-likeness (QED) is 0.0222. The Balaban J connectivity index is 5.28. The zero-order valence-corrected chi connectivity index (χ0v) is 66.0. The molecule has 3 N–H and O–H groups in total. The molecule has 0 spiro atoms. The van der Waals surface area contributed by atoms with Crippen LogP contribution in [0.1, 0.15) is 408 Å². The molecule has 0 aliphatic carbocycles. The van der Waals surface area contributed by atoms with E-state index < -0.39 is 97.5 Å². The Kier molecular flexibility index (Phi) is 68.1. The van der Waals surface area contributed by atoms with Crippen LogP contribution in [0.5, 0.6) is 0 Å². The minimum atomic E-state index is -4.96. The van der Waals surface area contributed by atoms with Crippen LogP contribution in [0.3, 0.4) is 0 Å². The van der Waals surface area contributed by atoms with Crippen molar-refractivity contribution in [3.63, 3.8) is 0 Å². The molecule has 0 bridgehead atoms. The lowest BCUT2D eigenvalue weighted by Crippen LogP contribution is -2.30. The summed E-state index contributed by atoms with van der Waals surface area (Å²) in [5, 5.41) is 10.6. The smallest absolute Gasteiger partial charge is 0.462 e. The third kappa shape index (κ3) is 69.8. The first-order valence-electron chi connectivity index (χ1n) is 40.9. The predicted molar refractivity (Wildman–Crippen MR) is 400 cm³/mol. The van der Waals surface area contributed by atoms with Crippen LogP contribution in [-0.2, 0) is 65.4 Å². The fourth-order valence-corrected chi connectivity index (χ4v) is 13.6. The number of hydrogen-bond acceptors (Lipinski definition) is 15. The summed E-state index contributed by atoms with van der Waals surface area (Å²) in [6.45, 7) is 12.0. The van der Waals surface area contributed by atoms with Crippen molar-refractivity contribution >= 4 is 39.5 Å². The zero-order chi connectivity index (χ0) is 72.3. The molecule has 98 heavy (non-hydrogen) atoms. The molecule has 0 aromatic heterocycles. The summed E-state index contributed by atoms with van der Waals surface area (Å²) in [5.74, 6) is 0.259. The highest BCUT2D eigenvalue weighted by molar-refractivity contribution is 7.47. The Morgan fingerprint density at radius 2 is 0.520 bits per heavy atom. The molecule has 4 unspecified atom stereocenters. The molecule has 0 saturated heterocycles. The lowest BCUT2D eigenvalue weighted by atomic mass is 9.99. The van der Waals surface area contributed by atoms with Gasteiger partial charge in [-0.3, -0.25) is 37.3 Å². The number of ether oxygens (including phenoxy) is 4. The molecule has 0 heterocycles. The fourth-order valence-electron chi connectivity index (χ4n) is 12.1. The molecule has 0 amide bonds. The highest BCUT2D eigenvalue weighted by Gasteiger charge is 2.30. The van der Waals surface area contributed by atoms with Crippen molar-refractivity contribution in [2.45, 2.75) is 426 Å². The number of aliphatic hydroxyl groups excluding tert-OH is 1. The van der Waals surface area contributed by atoms with Crippen molar-refractivity contribution in [3.05, 3.63) is 0 Å². The van der Waals surface area contributed by atoms with Gasteiger partial charge in [0.25, 0.3) is 0 Å². The van der Waals surface area contributed by atoms with E-state index >= 15 is 0 Å². The monoisotopic (exact) mass is 1440 g/mol. The summed E-state index contributed by atoms with van der Waals surface area (Å²) in [5.41, 5.74) is 0. The molecule has 17 nitrogen and oxygen atoms in total. The first kappa shape index (κ1) is 96.1. The molecule has 0 aromatic carbocycles. The second kappa shape index (κ2) is 69.4. The normalized spacial score (nSPS) is 14.6. The fraction of sp³-hybridized carbons (Fsp3) is 0.949. The minimum absolute atomic E-state index is 0.106. The van der Waals surface area contributed by atoms with Crippen LogP contribution in [0.4, 0.5) is 0 Å². The lowest BCUT2D eigenvalue weighted by molar-refractivity contribution is -0.161. The van der Waals surface area contributed by atoms with Crippen LogP contribution in [0.25, 0.3) is 0 Å². The molecule has 0 saturated carbocycles. The number of carbonyl (C=O) groups excluding carboxylic acids is 4. The van der Waals surface area contributed by atoms with Crippen molar-refractivity contribution in [2.75, 3.05) is 39.6 Å². The average molecular weight is 1440 g/mol. The van der Waals surface area contributed by atoms with Gasteiger partial charge >= 0.3 is 39.5 Å². The van der Waals surface area contributed by atoms with Crippen LogP contribution >= 0.6 is 15.6 Å². The molecule has 0 rings (SSSR count). The van der Waals surface area contributed by atoms with E-state index in [9.17, 15) is 43.2 Å². The molecule has 7 atom stereocenters. The van der Waals surface area contributed by atoms with Crippen molar-refractivity contribution in [3.8, 4) is 0 Å². The number of phosphoric ester groups is 2. The highest BCUT2D eigenvalue weighted by Crippen LogP contribution is 2.45. The standard InChI is InChI=1S/C79H154O17P2/c1-8-11-12-13-14-15-16-17-18-19-20-21-22-34-41-48-55-62-78(83)95-74(66-90-77(82)61-54-47-40-33-27-24-30-37-44-51-58-71(6)9-2)68-93-97(85,86)91-64-73(80)65-92-98(87,88)94-69-75(67-89-76(81)60-53-46-39-32-26-23-29-36-43-50-57-70(4)5)96-79(84)63-56-49-42-35-28-25-31-38-45-52-59-72(7)10-3/h70-75,80H,8-69H2,1-7H3,(H,85,86)(H,87,88)/t71?,72?,73-,74-,75-/m1/s1. The van der Waals surface area contributed by atoms with Gasteiger partial charge < -0.3 is 33.8 Å². The molecule has 0 aliphatic rings. The Bertz CT molecular complexity index is 1910. The highest BCUT2D eigenvalue weighted by atomic mass is 31.2. The number of rotatable bonds is 77. The van der Waals surface area contributed by atoms with E-state index in [0.717, 1.165) is 108 Å². The largest absolute Gasteiger partial charge is 0.472 e. The van der Waals surface area contributed by atoms with Gasteiger partial charge in [0, 0.05) is 25.7 Å². The summed E-state index contributed by atoms with van der Waals surface area (Å²) in [4.78, 5) is 73.0. The molecule has 0 radical (unpaired) electrons. The van der Waals surface area contributed by atoms with E-state index in [0.29, 0.717) is 25.7 Å². The Morgan fingerprint density at radius 1 is 0.296 bits per heavy atom. The van der Waals surface area contributed by atoms with E-state index in [1.165, 1.54) is 218 Å². The number of esters is 4. The van der Waals surface area contributed by atoms with E-state index in [1.807, 2.05) is 0 Å². The minimum Gasteiger partial charge on any atom is -0.462 e. The molecule has 0 aliphatic heterocycles. The number of aliphatic hydroxyl groups is 1. The molecular formula is C79H154O17P2. The second-order valence-electron chi connectivity index (χ2n) is 29.4. The van der Waals surface area contributed by atoms with Gasteiger partial charge in [0.05, 0.1) is 26.4 Å². The molecule has 582 valence electrons. The van der Waals surface area contributed by atoms with Gasteiger partial charge in [-0.25, -0.2) is 9.13 Å². The third-order valence-corrected chi connectivity index (χ3v) is 21.0. The van der Waals surface area contributed by atoms with Crippen molar-refractivity contribution in [2.24, 2.45) is 17.8 Å². The maximum absolute atomic E-state index is 13.1. The molecular weight excluding hydrogens is 1280 g/mol. The van der Waals surface area contributed by atoms with E-state index in [2.05, 4.69) is 48.5 Å². The van der Waals surface area contributed by atoms with Gasteiger partial charge in [0.15, 0.2) is 12.2 Å². The Hall–Kier alpha value is -1.94. The van der Waals surface area contributed by atoms with Crippen molar-refractivity contribution in [1.29, 1.82) is 0 Å². The zero-order valence-electron chi connectivity index (χ0n) is 64.3. The third-order valence-electron chi connectivity index (χ3n) is 19.1. The van der Waals surface area contributed by atoms with Gasteiger partial charge in [-0.05, 0) is 43.4 Å². The van der Waals surface area contributed by atoms with Crippen LogP contribution in [0, 0.1) is 17.8 Å². The van der Waals surface area contributed by atoms with Gasteiger partial charge in [0.1, 0.15) is 19.3 Å². The first-order chi connectivity index (χ1) is 47.3. The van der Waals surface area contributed by atoms with Crippen molar-refractivity contribution < 1.29 is 80.2 Å². The van der Waals surface area contributed by atoms with E-state index in [-0.39, 0.29) is 25.7 Å². The topological polar surface area (TPSA) is 237 Å². The van der Waals surface area contributed by atoms with Crippen LogP contribution in [0.2, 0.25) is 0 Å². The average Bonchev–Trinajstić information content (AvgIpc) is 1.20. The summed E-state index contributed by atoms with van der Waals surface area (Å²) < 4.78 is 68.7. The number of hydrogen-bond donors (Lipinski definition) is 3. The van der Waals surface area contributed by atoms with E-state index in [1.54, 1.807) is 0 Å². The molecule has 19 heteroatoms. The SMILES string of the molecule is CCCCCCCCCCCCCCCCCCCC(=O)O[C@H](COC(=O)CCCCCCCCCCCCC(C)CC)COP(=O)(O)OC[C@@H](O)COP(=O)(O)OC[C@@H](COC(=O)CCCCCCCCCCCCC(C)C)OC(=O)CCCCCCCCCCCCC(C)CC. The number of phosphoric acid groups is 2. The van der Waals surface area contributed by atoms with Gasteiger partial charge in [-0.1, -0.05) is 357 Å². The van der Waals surface area contributed by atoms with Crippen LogP contribution < -0.4 is 0 Å². The summed E-state index contributed by atoms with van der Waals surface area (Å²) in [6.07, 6.45) is 56.6. The predicted octanol–water partition coefficient (Wildman–Crippen LogP) is 23.4. The van der Waals surface area contributed by atoms with E-state index in [4.69, 9.17) is 37.0 Å². The van der Waals surface area contributed by atoms with Crippen molar-refractivity contribution in [1.82, 2.24) is 0 Å². The van der Waals surface area contributed by atoms with Gasteiger partial charge in [0.2, 0.25) is 0 Å². The summed E-state index contributed by atoms with van der Waals surface area (Å²) >= 11 is 0. The van der Waals surface area contributed by atoms with Gasteiger partial charge in [-0.2, -0.15) is 0 Å². The summed E-state index contributed by atoms with van der Waals surface area (Å²) in [6, 6.07) is 0. The maximum atomic E-state index is 13.1. The number of unbranched alkanes of at least 4 members (excludes halogenated alkanes) is 43. The maximum Gasteiger partial charge on any atom is 0.472 e. The first-order valence-corrected chi connectivity index (χ1v) is 43.9. The number of carbonyl (C=O) groups is 4. The molecule has 0 aromatic rings. The van der Waals surface area contributed by atoms with Crippen LogP contribution in [-0.4, -0.2) is 96.7 Å².